The number of nitriles is 1. The van der Waals surface area contributed by atoms with Crippen molar-refractivity contribution in [1.29, 1.82) is 5.26 Å². The van der Waals surface area contributed by atoms with Gasteiger partial charge in [-0.1, -0.05) is 17.7 Å². The highest BCUT2D eigenvalue weighted by Crippen LogP contribution is 2.34. The van der Waals surface area contributed by atoms with E-state index in [-0.39, 0.29) is 36.1 Å². The van der Waals surface area contributed by atoms with Gasteiger partial charge in [-0.2, -0.15) is 5.26 Å². The van der Waals surface area contributed by atoms with Gasteiger partial charge >= 0.3 is 6.03 Å². The fourth-order valence-electron chi connectivity index (χ4n) is 8.28. The van der Waals surface area contributed by atoms with E-state index in [0.717, 1.165) is 80.6 Å². The lowest BCUT2D eigenvalue weighted by atomic mass is 9.93. The number of likely N-dealkylation sites (tertiary alicyclic amines) is 1. The Kier molecular flexibility index (Phi) is 10.8. The lowest BCUT2D eigenvalue weighted by molar-refractivity contribution is -0.120. The highest BCUT2D eigenvalue weighted by atomic mass is 35.5. The summed E-state index contributed by atoms with van der Waals surface area (Å²) in [6.07, 6.45) is 7.63. The minimum atomic E-state index is -0.369. The molecule has 5 heterocycles. The molecule has 1 aliphatic carbocycles. The molecule has 0 radical (unpaired) electrons. The number of anilines is 2. The molecule has 4 amide bonds. The zero-order chi connectivity index (χ0) is 37.9. The number of carbonyl (C=O) groups is 3. The number of fused-ring (bicyclic) bond motifs is 1. The number of imide groups is 1. The Bertz CT molecular complexity index is 2090. The van der Waals surface area contributed by atoms with Crippen LogP contribution < -0.4 is 25.2 Å². The number of piperidine rings is 1. The molecule has 55 heavy (non-hydrogen) atoms. The van der Waals surface area contributed by atoms with Crippen molar-refractivity contribution in [3.63, 3.8) is 0 Å². The van der Waals surface area contributed by atoms with Crippen molar-refractivity contribution < 1.29 is 23.9 Å². The van der Waals surface area contributed by atoms with Gasteiger partial charge < -0.3 is 29.2 Å². The van der Waals surface area contributed by atoms with Gasteiger partial charge in [-0.25, -0.2) is 4.79 Å². The summed E-state index contributed by atoms with van der Waals surface area (Å²) in [5.41, 5.74) is 2.64. The standard InChI is InChI=1S/C40H44ClN9O5/c41-33-22-30(7-4-26(33)23-42)55-29-8-5-27(6-9-29)43-39(52)34-10-11-37(46-45-34)48-20-21-54-31(25-48)24-47-16-12-28(13-17-47)49-18-14-32-35(49)2-1-3-36(32)50-19-15-38(51)44-40(50)53/h1-4,7,10-11,14,18,22,27-29,31H,5-6,8-9,12-13,15-17,19-21,24-25H2,(H,43,52)(H,44,51,53). The lowest BCUT2D eigenvalue weighted by Crippen LogP contribution is -2.49. The average molecular weight is 766 g/mol. The monoisotopic (exact) mass is 765 g/mol. The van der Waals surface area contributed by atoms with Crippen LogP contribution >= 0.6 is 11.6 Å². The summed E-state index contributed by atoms with van der Waals surface area (Å²) in [5.74, 6) is 0.910. The van der Waals surface area contributed by atoms with E-state index in [4.69, 9.17) is 26.3 Å². The fourth-order valence-corrected chi connectivity index (χ4v) is 8.49. The summed E-state index contributed by atoms with van der Waals surface area (Å²) >= 11 is 6.15. The summed E-state index contributed by atoms with van der Waals surface area (Å²) in [4.78, 5) is 43.6. The molecule has 3 saturated heterocycles. The first-order valence-electron chi connectivity index (χ1n) is 19.1. The molecule has 15 heteroatoms. The lowest BCUT2D eigenvalue weighted by Gasteiger charge is -2.38. The van der Waals surface area contributed by atoms with Crippen LogP contribution in [0.4, 0.5) is 16.3 Å². The molecule has 2 aromatic carbocycles. The van der Waals surface area contributed by atoms with Crippen molar-refractivity contribution >= 4 is 51.9 Å². The first-order valence-corrected chi connectivity index (χ1v) is 19.5. The molecule has 14 nitrogen and oxygen atoms in total. The van der Waals surface area contributed by atoms with Crippen LogP contribution in [0.15, 0.2) is 60.8 Å². The quantitative estimate of drug-likeness (QED) is 0.236. The Balaban J connectivity index is 0.791. The normalized spacial score (nSPS) is 22.7. The zero-order valence-corrected chi connectivity index (χ0v) is 31.3. The highest BCUT2D eigenvalue weighted by Gasteiger charge is 2.30. The van der Waals surface area contributed by atoms with Crippen molar-refractivity contribution in [2.24, 2.45) is 0 Å². The molecule has 1 saturated carbocycles. The number of hydrogen-bond donors (Lipinski definition) is 2. The maximum atomic E-state index is 13.1. The van der Waals surface area contributed by atoms with Gasteiger partial charge in [0.05, 0.1) is 40.6 Å². The van der Waals surface area contributed by atoms with Gasteiger partial charge in [0.2, 0.25) is 5.91 Å². The number of urea groups is 1. The molecular formula is C40H44ClN9O5. The molecule has 1 unspecified atom stereocenters. The molecule has 1 atom stereocenters. The van der Waals surface area contributed by atoms with Gasteiger partial charge in [0.25, 0.3) is 5.91 Å². The molecular weight excluding hydrogens is 722 g/mol. The number of nitrogens with one attached hydrogen (secondary N) is 2. The summed E-state index contributed by atoms with van der Waals surface area (Å²) in [6, 6.07) is 18.9. The largest absolute Gasteiger partial charge is 0.490 e. The number of carbonyl (C=O) groups excluding carboxylic acids is 3. The van der Waals surface area contributed by atoms with Crippen LogP contribution in [-0.4, -0.2) is 102 Å². The van der Waals surface area contributed by atoms with Crippen molar-refractivity contribution in [2.45, 2.75) is 69.2 Å². The number of halogens is 1. The summed E-state index contributed by atoms with van der Waals surface area (Å²) < 4.78 is 14.6. The first-order chi connectivity index (χ1) is 26.8. The maximum absolute atomic E-state index is 13.1. The topological polar surface area (TPSA) is 158 Å². The van der Waals surface area contributed by atoms with Crippen LogP contribution in [0, 0.1) is 11.3 Å². The number of rotatable bonds is 9. The van der Waals surface area contributed by atoms with Gasteiger partial charge in [0.15, 0.2) is 11.5 Å². The van der Waals surface area contributed by atoms with Crippen molar-refractivity contribution in [3.05, 3.63) is 77.1 Å². The second-order valence-corrected chi connectivity index (χ2v) is 15.2. The van der Waals surface area contributed by atoms with Crippen molar-refractivity contribution in [1.82, 2.24) is 30.3 Å². The third kappa shape index (κ3) is 8.24. The molecule has 0 spiro atoms. The van der Waals surface area contributed by atoms with Crippen molar-refractivity contribution in [2.75, 3.05) is 55.7 Å². The highest BCUT2D eigenvalue weighted by molar-refractivity contribution is 6.31. The number of nitrogens with zero attached hydrogens (tertiary/aromatic N) is 7. The average Bonchev–Trinajstić information content (AvgIpc) is 3.64. The van der Waals surface area contributed by atoms with Crippen molar-refractivity contribution in [3.8, 4) is 11.8 Å². The maximum Gasteiger partial charge on any atom is 0.328 e. The number of aromatic nitrogens is 3. The number of morpholine rings is 1. The smallest absolute Gasteiger partial charge is 0.328 e. The summed E-state index contributed by atoms with van der Waals surface area (Å²) in [6.45, 7) is 5.09. The third-order valence-electron chi connectivity index (χ3n) is 11.2. The summed E-state index contributed by atoms with van der Waals surface area (Å²) in [7, 11) is 0. The molecule has 8 rings (SSSR count). The number of ether oxygens (including phenoxy) is 2. The van der Waals surface area contributed by atoms with E-state index in [1.165, 1.54) is 0 Å². The molecule has 2 aromatic heterocycles. The predicted octanol–water partition coefficient (Wildman–Crippen LogP) is 5.06. The second-order valence-electron chi connectivity index (χ2n) is 14.8. The van der Waals surface area contributed by atoms with E-state index in [2.05, 4.69) is 59.6 Å². The molecule has 4 aliphatic rings. The van der Waals surface area contributed by atoms with E-state index in [9.17, 15) is 14.4 Å². The van der Waals surface area contributed by atoms with E-state index < -0.39 is 0 Å². The second kappa shape index (κ2) is 16.2. The Labute approximate surface area is 324 Å². The Morgan fingerprint density at radius 2 is 1.84 bits per heavy atom. The molecule has 0 bridgehead atoms. The third-order valence-corrected chi connectivity index (χ3v) is 11.5. The van der Waals surface area contributed by atoms with Crippen LogP contribution in [0.5, 0.6) is 5.75 Å². The number of hydrogen-bond acceptors (Lipinski definition) is 10. The molecule has 4 aromatic rings. The van der Waals surface area contributed by atoms with Crippen LogP contribution in [0.25, 0.3) is 10.9 Å². The minimum Gasteiger partial charge on any atom is -0.490 e. The number of benzene rings is 2. The van der Waals surface area contributed by atoms with Crippen LogP contribution in [-0.2, 0) is 9.53 Å². The van der Waals surface area contributed by atoms with E-state index in [1.807, 2.05) is 18.2 Å². The minimum absolute atomic E-state index is 0.0216. The van der Waals surface area contributed by atoms with Gasteiger partial charge in [0.1, 0.15) is 11.8 Å². The predicted molar refractivity (Wildman–Crippen MR) is 206 cm³/mol. The Morgan fingerprint density at radius 1 is 1.00 bits per heavy atom. The first kappa shape index (κ1) is 36.7. The SMILES string of the molecule is N#Cc1ccc(OC2CCC(NC(=O)c3ccc(N4CCOC(CN5CCC(n6ccc7c(N8CCC(=O)NC8=O)cccc76)CC5)C4)nn3)CC2)cc1Cl. The van der Waals surface area contributed by atoms with Gasteiger partial charge in [0, 0.05) is 75.4 Å². The van der Waals surface area contributed by atoms with E-state index in [1.54, 1.807) is 29.2 Å². The fraction of sp³-hybridized carbons (Fsp3) is 0.450. The van der Waals surface area contributed by atoms with Gasteiger partial charge in [-0.3, -0.25) is 19.8 Å². The molecule has 2 N–H and O–H groups in total. The van der Waals surface area contributed by atoms with Gasteiger partial charge in [-0.15, -0.1) is 10.2 Å². The van der Waals surface area contributed by atoms with E-state index >= 15 is 0 Å². The Hall–Kier alpha value is -5.23. The Morgan fingerprint density at radius 3 is 2.58 bits per heavy atom. The van der Waals surface area contributed by atoms with Gasteiger partial charge in [-0.05, 0) is 81.0 Å². The van der Waals surface area contributed by atoms with E-state index in [0.29, 0.717) is 60.7 Å². The molecule has 3 aliphatic heterocycles. The van der Waals surface area contributed by atoms with Crippen LogP contribution in [0.1, 0.15) is 67.0 Å². The van der Waals surface area contributed by atoms with Crippen LogP contribution in [0.3, 0.4) is 0 Å². The summed E-state index contributed by atoms with van der Waals surface area (Å²) in [5, 5.41) is 24.8. The molecule has 286 valence electrons. The van der Waals surface area contributed by atoms with Crippen LogP contribution in [0.2, 0.25) is 5.02 Å². The molecule has 4 fully saturated rings. The zero-order valence-electron chi connectivity index (χ0n) is 30.5. The number of amides is 4.